The zero-order chi connectivity index (χ0) is 17.6. The van der Waals surface area contributed by atoms with Crippen molar-refractivity contribution >= 4 is 24.3 Å². The van der Waals surface area contributed by atoms with Crippen LogP contribution < -0.4 is 9.64 Å². The van der Waals surface area contributed by atoms with Crippen molar-refractivity contribution < 1.29 is 9.53 Å². The first-order valence-corrected chi connectivity index (χ1v) is 8.08. The molecule has 0 bridgehead atoms. The van der Waals surface area contributed by atoms with E-state index in [1.165, 1.54) is 6.20 Å². The Morgan fingerprint density at radius 2 is 2.00 bits per heavy atom. The number of anilines is 1. The Hall–Kier alpha value is -2.92. The molecule has 1 amide bonds. The SMILES string of the molecule is CCOc1ccnc(N2CCN(C(=O)c3cccnc3C#N)CC2)n1.Cl. The van der Waals surface area contributed by atoms with Crippen LogP contribution in [-0.4, -0.2) is 58.5 Å². The lowest BCUT2D eigenvalue weighted by Gasteiger charge is -2.34. The van der Waals surface area contributed by atoms with E-state index in [0.29, 0.717) is 50.2 Å². The molecule has 9 heteroatoms. The predicted molar refractivity (Wildman–Crippen MR) is 97.5 cm³/mol. The number of nitriles is 1. The van der Waals surface area contributed by atoms with Crippen LogP contribution in [0.1, 0.15) is 23.0 Å². The number of aromatic nitrogens is 3. The highest BCUT2D eigenvalue weighted by atomic mass is 35.5. The third kappa shape index (κ3) is 4.18. The Balaban J connectivity index is 0.00000243. The molecule has 1 fully saturated rings. The standard InChI is InChI=1S/C17H18N6O2.ClH/c1-2-25-15-5-7-20-17(21-15)23-10-8-22(9-11-23)16(24)13-4-3-6-19-14(13)12-18;/h3-7H,2,8-11H2,1H3;1H. The van der Waals surface area contributed by atoms with Gasteiger partial charge in [0.05, 0.1) is 12.2 Å². The fourth-order valence-electron chi connectivity index (χ4n) is 2.66. The second-order valence-electron chi connectivity index (χ2n) is 5.42. The summed E-state index contributed by atoms with van der Waals surface area (Å²) in [4.78, 5) is 29.0. The molecule has 0 spiro atoms. The molecule has 0 unspecified atom stereocenters. The van der Waals surface area contributed by atoms with Gasteiger partial charge in [-0.2, -0.15) is 10.2 Å². The second kappa shape index (κ2) is 8.97. The van der Waals surface area contributed by atoms with Gasteiger partial charge < -0.3 is 14.5 Å². The van der Waals surface area contributed by atoms with E-state index in [2.05, 4.69) is 15.0 Å². The van der Waals surface area contributed by atoms with E-state index in [0.717, 1.165) is 0 Å². The first-order valence-electron chi connectivity index (χ1n) is 8.08. The van der Waals surface area contributed by atoms with Gasteiger partial charge in [0.15, 0.2) is 5.69 Å². The number of pyridine rings is 1. The van der Waals surface area contributed by atoms with Crippen LogP contribution in [0, 0.1) is 11.3 Å². The van der Waals surface area contributed by atoms with Crippen LogP contribution in [0.5, 0.6) is 5.88 Å². The largest absolute Gasteiger partial charge is 0.478 e. The number of carbonyl (C=O) groups excluding carboxylic acids is 1. The Morgan fingerprint density at radius 1 is 1.23 bits per heavy atom. The van der Waals surface area contributed by atoms with Crippen LogP contribution in [0.25, 0.3) is 0 Å². The third-order valence-electron chi connectivity index (χ3n) is 3.90. The smallest absolute Gasteiger partial charge is 0.256 e. The van der Waals surface area contributed by atoms with E-state index < -0.39 is 0 Å². The number of halogens is 1. The summed E-state index contributed by atoms with van der Waals surface area (Å²) in [6.07, 6.45) is 3.18. The van der Waals surface area contributed by atoms with Gasteiger partial charge in [-0.25, -0.2) is 9.97 Å². The van der Waals surface area contributed by atoms with Gasteiger partial charge in [-0.15, -0.1) is 12.4 Å². The fraction of sp³-hybridized carbons (Fsp3) is 0.353. The van der Waals surface area contributed by atoms with Gasteiger partial charge in [0.25, 0.3) is 5.91 Å². The molecule has 1 saturated heterocycles. The lowest BCUT2D eigenvalue weighted by molar-refractivity contribution is 0.0745. The maximum absolute atomic E-state index is 12.6. The minimum atomic E-state index is -0.173. The van der Waals surface area contributed by atoms with Gasteiger partial charge >= 0.3 is 0 Å². The first kappa shape index (κ1) is 19.4. The molecule has 1 aliphatic rings. The van der Waals surface area contributed by atoms with Crippen molar-refractivity contribution in [2.24, 2.45) is 0 Å². The number of hydrogen-bond acceptors (Lipinski definition) is 7. The van der Waals surface area contributed by atoms with Gasteiger partial charge in [0, 0.05) is 44.6 Å². The number of amides is 1. The number of ether oxygens (including phenoxy) is 1. The Labute approximate surface area is 157 Å². The molecule has 8 nitrogen and oxygen atoms in total. The van der Waals surface area contributed by atoms with E-state index in [-0.39, 0.29) is 24.0 Å². The monoisotopic (exact) mass is 374 g/mol. The summed E-state index contributed by atoms with van der Waals surface area (Å²) < 4.78 is 5.40. The minimum Gasteiger partial charge on any atom is -0.478 e. The lowest BCUT2D eigenvalue weighted by atomic mass is 10.1. The molecule has 2 aromatic rings. The van der Waals surface area contributed by atoms with Crippen LogP contribution in [0.15, 0.2) is 30.6 Å². The summed E-state index contributed by atoms with van der Waals surface area (Å²) in [5, 5.41) is 9.11. The second-order valence-corrected chi connectivity index (χ2v) is 5.42. The van der Waals surface area contributed by atoms with Crippen LogP contribution in [0.4, 0.5) is 5.95 Å². The highest BCUT2D eigenvalue weighted by Gasteiger charge is 2.25. The van der Waals surface area contributed by atoms with Crippen LogP contribution in [0.3, 0.4) is 0 Å². The Morgan fingerprint density at radius 3 is 2.69 bits per heavy atom. The minimum absolute atomic E-state index is 0. The summed E-state index contributed by atoms with van der Waals surface area (Å²) in [6, 6.07) is 6.98. The highest BCUT2D eigenvalue weighted by Crippen LogP contribution is 2.16. The van der Waals surface area contributed by atoms with Crippen LogP contribution in [0.2, 0.25) is 0 Å². The van der Waals surface area contributed by atoms with E-state index in [1.54, 1.807) is 29.3 Å². The van der Waals surface area contributed by atoms with Crippen molar-refractivity contribution in [1.82, 2.24) is 19.9 Å². The lowest BCUT2D eigenvalue weighted by Crippen LogP contribution is -2.49. The van der Waals surface area contributed by atoms with Crippen molar-refractivity contribution in [3.05, 3.63) is 41.9 Å². The molecule has 0 aliphatic carbocycles. The molecule has 1 aliphatic heterocycles. The summed E-state index contributed by atoms with van der Waals surface area (Å²) in [5.74, 6) is 0.963. The summed E-state index contributed by atoms with van der Waals surface area (Å²) in [7, 11) is 0. The fourth-order valence-corrected chi connectivity index (χ4v) is 2.66. The summed E-state index contributed by atoms with van der Waals surface area (Å²) >= 11 is 0. The average molecular weight is 375 g/mol. The summed E-state index contributed by atoms with van der Waals surface area (Å²) in [5.41, 5.74) is 0.496. The van der Waals surface area contributed by atoms with Crippen LogP contribution >= 0.6 is 12.4 Å². The molecule has 0 aromatic carbocycles. The van der Waals surface area contributed by atoms with Crippen LogP contribution in [-0.2, 0) is 0 Å². The molecule has 3 rings (SSSR count). The highest BCUT2D eigenvalue weighted by molar-refractivity contribution is 5.96. The zero-order valence-corrected chi connectivity index (χ0v) is 15.1. The van der Waals surface area contributed by atoms with Gasteiger partial charge in [0.2, 0.25) is 11.8 Å². The third-order valence-corrected chi connectivity index (χ3v) is 3.90. The molecule has 0 N–H and O–H groups in total. The van der Waals surface area contributed by atoms with Crippen molar-refractivity contribution in [3.8, 4) is 11.9 Å². The maximum atomic E-state index is 12.6. The van der Waals surface area contributed by atoms with Crippen molar-refractivity contribution in [2.45, 2.75) is 6.92 Å². The number of carbonyl (C=O) groups is 1. The number of hydrogen-bond donors (Lipinski definition) is 0. The van der Waals surface area contributed by atoms with Gasteiger partial charge in [-0.05, 0) is 19.1 Å². The summed E-state index contributed by atoms with van der Waals surface area (Å²) in [6.45, 7) is 4.74. The first-order chi connectivity index (χ1) is 12.2. The quantitative estimate of drug-likeness (QED) is 0.800. The van der Waals surface area contributed by atoms with Gasteiger partial charge in [0.1, 0.15) is 6.07 Å². The molecule has 0 radical (unpaired) electrons. The molecule has 136 valence electrons. The average Bonchev–Trinajstić information content (AvgIpc) is 2.68. The van der Waals surface area contributed by atoms with Crippen molar-refractivity contribution in [3.63, 3.8) is 0 Å². The van der Waals surface area contributed by atoms with Crippen molar-refractivity contribution in [1.29, 1.82) is 5.26 Å². The molecule has 3 heterocycles. The maximum Gasteiger partial charge on any atom is 0.256 e. The van der Waals surface area contributed by atoms with Gasteiger partial charge in [-0.1, -0.05) is 0 Å². The van der Waals surface area contributed by atoms with E-state index >= 15 is 0 Å². The topological polar surface area (TPSA) is 95.2 Å². The number of piperazine rings is 1. The molecule has 0 atom stereocenters. The zero-order valence-electron chi connectivity index (χ0n) is 14.3. The Bertz CT molecular complexity index is 802. The van der Waals surface area contributed by atoms with E-state index in [9.17, 15) is 4.79 Å². The molecular formula is C17H19ClN6O2. The van der Waals surface area contributed by atoms with E-state index in [1.807, 2.05) is 17.9 Å². The molecular weight excluding hydrogens is 356 g/mol. The van der Waals surface area contributed by atoms with Crippen molar-refractivity contribution in [2.75, 3.05) is 37.7 Å². The molecule has 2 aromatic heterocycles. The normalized spacial score (nSPS) is 13.5. The van der Waals surface area contributed by atoms with Gasteiger partial charge in [-0.3, -0.25) is 4.79 Å². The Kier molecular flexibility index (Phi) is 6.69. The predicted octanol–water partition coefficient (Wildman–Crippen LogP) is 1.53. The molecule has 0 saturated carbocycles. The van der Waals surface area contributed by atoms with E-state index in [4.69, 9.17) is 10.00 Å². The number of nitrogens with zero attached hydrogens (tertiary/aromatic N) is 6. The number of rotatable bonds is 4. The molecule has 26 heavy (non-hydrogen) atoms.